The van der Waals surface area contributed by atoms with Gasteiger partial charge in [0.05, 0.1) is 17.6 Å². The molecule has 0 amide bonds. The van der Waals surface area contributed by atoms with E-state index in [0.29, 0.717) is 18.2 Å². The second-order valence-corrected chi connectivity index (χ2v) is 8.34. The Morgan fingerprint density at radius 3 is 2.68 bits per heavy atom. The number of nitrogen functional groups attached to an aromatic ring is 1. The van der Waals surface area contributed by atoms with Crippen LogP contribution >= 0.6 is 0 Å². The van der Waals surface area contributed by atoms with E-state index in [9.17, 15) is 0 Å². The molecule has 3 aromatic rings. The van der Waals surface area contributed by atoms with Crippen molar-refractivity contribution in [3.8, 4) is 0 Å². The number of benzene rings is 1. The summed E-state index contributed by atoms with van der Waals surface area (Å²) in [5.41, 5.74) is 12.2. The van der Waals surface area contributed by atoms with Gasteiger partial charge < -0.3 is 10.5 Å². The zero-order chi connectivity index (χ0) is 21.0. The summed E-state index contributed by atoms with van der Waals surface area (Å²) in [5.74, 6) is 1.37. The number of ether oxygens (including phenoxy) is 1. The summed E-state index contributed by atoms with van der Waals surface area (Å²) < 4.78 is 8.02. The largest absolute Gasteiger partial charge is 0.489 e. The van der Waals surface area contributed by atoms with Crippen LogP contribution in [-0.4, -0.2) is 14.6 Å². The lowest BCUT2D eigenvalue weighted by Gasteiger charge is -2.25. The first-order chi connectivity index (χ1) is 15.3. The van der Waals surface area contributed by atoms with Crippen LogP contribution in [0.25, 0.3) is 11.2 Å². The summed E-state index contributed by atoms with van der Waals surface area (Å²) >= 11 is 0. The zero-order valence-electron chi connectivity index (χ0n) is 17.7. The first-order valence-corrected chi connectivity index (χ1v) is 11.2. The molecule has 0 spiro atoms. The smallest absolute Gasteiger partial charge is 0.178 e. The van der Waals surface area contributed by atoms with E-state index in [-0.39, 0.29) is 0 Å². The van der Waals surface area contributed by atoms with Crippen molar-refractivity contribution in [3.63, 3.8) is 0 Å². The third-order valence-electron chi connectivity index (χ3n) is 6.23. The van der Waals surface area contributed by atoms with Crippen molar-refractivity contribution in [1.82, 2.24) is 14.6 Å². The number of hydrogen-bond acceptors (Lipinski definition) is 4. The molecule has 2 aromatic heterocycles. The van der Waals surface area contributed by atoms with Gasteiger partial charge in [-0.3, -0.25) is 0 Å². The van der Waals surface area contributed by atoms with E-state index in [1.54, 1.807) is 6.20 Å². The number of nitrogens with two attached hydrogens (primary N) is 1. The van der Waals surface area contributed by atoms with E-state index in [1.165, 1.54) is 48.9 Å². The monoisotopic (exact) mass is 412 g/mol. The van der Waals surface area contributed by atoms with E-state index in [4.69, 9.17) is 10.5 Å². The molecule has 1 aromatic carbocycles. The number of allylic oxidation sites excluding steroid dienone is 5. The molecule has 1 saturated carbocycles. The second-order valence-electron chi connectivity index (χ2n) is 8.34. The molecule has 5 rings (SSSR count). The van der Waals surface area contributed by atoms with Gasteiger partial charge in [0.25, 0.3) is 0 Å². The lowest BCUT2D eigenvalue weighted by molar-refractivity contribution is 0.210. The van der Waals surface area contributed by atoms with Gasteiger partial charge in [-0.05, 0) is 42.6 Å². The van der Waals surface area contributed by atoms with Gasteiger partial charge in [0.15, 0.2) is 5.65 Å². The molecule has 0 bridgehead atoms. The Kier molecular flexibility index (Phi) is 5.57. The minimum atomic E-state index is 0.480. The molecule has 2 aliphatic rings. The predicted octanol–water partition coefficient (Wildman–Crippen LogP) is 5.80. The Morgan fingerprint density at radius 2 is 1.84 bits per heavy atom. The predicted molar refractivity (Wildman–Crippen MR) is 124 cm³/mol. The Balaban J connectivity index is 1.43. The topological polar surface area (TPSA) is 65.4 Å². The summed E-state index contributed by atoms with van der Waals surface area (Å²) in [5, 5.41) is 4.59. The van der Waals surface area contributed by atoms with E-state index in [1.807, 2.05) is 28.9 Å². The summed E-state index contributed by atoms with van der Waals surface area (Å²) in [7, 11) is 0. The van der Waals surface area contributed by atoms with Crippen LogP contribution in [0.5, 0.6) is 0 Å². The highest BCUT2D eigenvalue weighted by Gasteiger charge is 2.24. The highest BCUT2D eigenvalue weighted by Crippen LogP contribution is 2.37. The van der Waals surface area contributed by atoms with E-state index in [0.717, 1.165) is 23.4 Å². The highest BCUT2D eigenvalue weighted by atomic mass is 16.5. The van der Waals surface area contributed by atoms with Crippen molar-refractivity contribution in [2.75, 3.05) is 5.73 Å². The van der Waals surface area contributed by atoms with Crippen molar-refractivity contribution >= 4 is 16.9 Å². The molecule has 158 valence electrons. The number of hydrogen-bond donors (Lipinski definition) is 1. The van der Waals surface area contributed by atoms with Crippen LogP contribution in [0.4, 0.5) is 5.69 Å². The SMILES string of the molecule is Nc1cnn2c(C3CCCCC3)c(C3=CCC=C(OCc4ccccc4)C=C3)cnc12. The quantitative estimate of drug-likeness (QED) is 0.575. The van der Waals surface area contributed by atoms with E-state index in [2.05, 4.69) is 46.5 Å². The maximum atomic E-state index is 6.13. The maximum Gasteiger partial charge on any atom is 0.178 e. The fraction of sp³-hybridized carbons (Fsp3) is 0.308. The molecule has 2 N–H and O–H groups in total. The molecule has 2 aliphatic carbocycles. The Bertz CT molecular complexity index is 1150. The molecule has 5 heteroatoms. The highest BCUT2D eigenvalue weighted by molar-refractivity contribution is 5.78. The van der Waals surface area contributed by atoms with Gasteiger partial charge in [-0.25, -0.2) is 9.50 Å². The Labute approximate surface area is 182 Å². The molecule has 0 aliphatic heterocycles. The first-order valence-electron chi connectivity index (χ1n) is 11.2. The molecule has 0 atom stereocenters. The molecule has 31 heavy (non-hydrogen) atoms. The number of aromatic nitrogens is 3. The first kappa shape index (κ1) is 19.6. The number of nitrogens with zero attached hydrogens (tertiary/aromatic N) is 3. The van der Waals surface area contributed by atoms with Gasteiger partial charge in [-0.1, -0.05) is 61.7 Å². The summed E-state index contributed by atoms with van der Waals surface area (Å²) in [6, 6.07) is 10.3. The van der Waals surface area contributed by atoms with Crippen molar-refractivity contribution in [1.29, 1.82) is 0 Å². The number of fused-ring (bicyclic) bond motifs is 1. The molecule has 1 fully saturated rings. The van der Waals surface area contributed by atoms with Crippen LogP contribution in [0.15, 0.2) is 72.8 Å². The van der Waals surface area contributed by atoms with Crippen LogP contribution in [-0.2, 0) is 11.3 Å². The summed E-state index contributed by atoms with van der Waals surface area (Å²) in [6.45, 7) is 0.569. The Hall–Kier alpha value is -3.34. The second kappa shape index (κ2) is 8.80. The van der Waals surface area contributed by atoms with Gasteiger partial charge in [0.2, 0.25) is 0 Å². The molecule has 2 heterocycles. The van der Waals surface area contributed by atoms with Gasteiger partial charge in [-0.2, -0.15) is 5.10 Å². The molecular formula is C26H28N4O. The molecular weight excluding hydrogens is 384 g/mol. The molecule has 0 saturated heterocycles. The van der Waals surface area contributed by atoms with Gasteiger partial charge in [0, 0.05) is 17.7 Å². The summed E-state index contributed by atoms with van der Waals surface area (Å²) in [4.78, 5) is 4.65. The van der Waals surface area contributed by atoms with Crippen LogP contribution in [0, 0.1) is 0 Å². The van der Waals surface area contributed by atoms with Gasteiger partial charge in [0.1, 0.15) is 12.4 Å². The van der Waals surface area contributed by atoms with Crippen LogP contribution in [0.2, 0.25) is 0 Å². The fourth-order valence-corrected chi connectivity index (χ4v) is 4.62. The molecule has 5 nitrogen and oxygen atoms in total. The average molecular weight is 413 g/mol. The third-order valence-corrected chi connectivity index (χ3v) is 6.23. The van der Waals surface area contributed by atoms with Crippen LogP contribution < -0.4 is 5.73 Å². The van der Waals surface area contributed by atoms with Crippen LogP contribution in [0.1, 0.15) is 61.3 Å². The van der Waals surface area contributed by atoms with Crippen LogP contribution in [0.3, 0.4) is 0 Å². The standard InChI is InChI=1S/C26H28N4O/c27-24-17-29-30-25(21-10-5-2-6-11-21)23(16-28-26(24)30)20-12-7-13-22(15-14-20)31-18-19-8-3-1-4-9-19/h1,3-4,8-9,12-17,21H,2,5-7,10-11,18,27H2. The zero-order valence-corrected chi connectivity index (χ0v) is 17.7. The Morgan fingerprint density at radius 1 is 1.00 bits per heavy atom. The van der Waals surface area contributed by atoms with Crippen molar-refractivity contribution < 1.29 is 4.74 Å². The van der Waals surface area contributed by atoms with Crippen molar-refractivity contribution in [2.24, 2.45) is 0 Å². The molecule has 0 radical (unpaired) electrons. The van der Waals surface area contributed by atoms with Crippen molar-refractivity contribution in [3.05, 3.63) is 89.6 Å². The normalized spacial score (nSPS) is 17.3. The maximum absolute atomic E-state index is 6.13. The lowest BCUT2D eigenvalue weighted by Crippen LogP contribution is -2.14. The minimum absolute atomic E-state index is 0.480. The minimum Gasteiger partial charge on any atom is -0.489 e. The lowest BCUT2D eigenvalue weighted by atomic mass is 9.84. The van der Waals surface area contributed by atoms with E-state index >= 15 is 0 Å². The van der Waals surface area contributed by atoms with Gasteiger partial charge >= 0.3 is 0 Å². The molecule has 0 unspecified atom stereocenters. The third kappa shape index (κ3) is 4.13. The fourth-order valence-electron chi connectivity index (χ4n) is 4.62. The van der Waals surface area contributed by atoms with Gasteiger partial charge in [-0.15, -0.1) is 0 Å². The van der Waals surface area contributed by atoms with E-state index < -0.39 is 0 Å². The number of rotatable bonds is 5. The van der Waals surface area contributed by atoms with Crippen molar-refractivity contribution in [2.45, 2.75) is 51.0 Å². The number of anilines is 1. The average Bonchev–Trinajstić information content (AvgIpc) is 3.04. The summed E-state index contributed by atoms with van der Waals surface area (Å²) in [6.07, 6.45) is 19.3.